The lowest BCUT2D eigenvalue weighted by Gasteiger charge is -2.22. The molecule has 0 aliphatic rings. The average molecular weight is 197 g/mol. The third-order valence-electron chi connectivity index (χ3n) is 3.31. The average Bonchev–Trinajstić information content (AvgIpc) is 2.16. The van der Waals surface area contributed by atoms with Crippen molar-refractivity contribution in [2.75, 3.05) is 0 Å². The zero-order chi connectivity index (χ0) is 10.9. The molecule has 0 aromatic carbocycles. The van der Waals surface area contributed by atoms with Crippen LogP contribution < -0.4 is 0 Å². The van der Waals surface area contributed by atoms with Crippen molar-refractivity contribution in [2.45, 2.75) is 78.6 Å². The van der Waals surface area contributed by atoms with E-state index in [-0.39, 0.29) is 0 Å². The summed E-state index contributed by atoms with van der Waals surface area (Å²) in [5, 5.41) is 0. The molecule has 0 nitrogen and oxygen atoms in total. The van der Waals surface area contributed by atoms with Gasteiger partial charge < -0.3 is 0 Å². The summed E-state index contributed by atoms with van der Waals surface area (Å²) in [5.41, 5.74) is 0.577. The Bertz CT molecular complexity index is 113. The fourth-order valence-corrected chi connectivity index (χ4v) is 1.66. The highest BCUT2D eigenvalue weighted by Crippen LogP contribution is 2.27. The largest absolute Gasteiger partial charge is 0.0649 e. The summed E-state index contributed by atoms with van der Waals surface area (Å²) in [6.45, 7) is 10.9. The molecule has 0 saturated carbocycles. The standard InChI is InChI=1S/C14H29/c1-5-7-8-9-10-11-12-13-14(3,4)6-2/h1,5-13H2,2-4H3. The van der Waals surface area contributed by atoms with Crippen LogP contribution in [0.3, 0.4) is 0 Å². The molecule has 0 saturated heterocycles. The molecule has 0 unspecified atom stereocenters. The van der Waals surface area contributed by atoms with Gasteiger partial charge in [-0.25, -0.2) is 0 Å². The maximum Gasteiger partial charge on any atom is -0.0357 e. The zero-order valence-corrected chi connectivity index (χ0v) is 10.6. The number of hydrogen-bond acceptors (Lipinski definition) is 0. The normalized spacial score (nSPS) is 12.0. The van der Waals surface area contributed by atoms with Crippen molar-refractivity contribution in [1.82, 2.24) is 0 Å². The Kier molecular flexibility index (Phi) is 8.32. The Balaban J connectivity index is 3.13. The lowest BCUT2D eigenvalue weighted by molar-refractivity contribution is 0.307. The third-order valence-corrected chi connectivity index (χ3v) is 3.31. The van der Waals surface area contributed by atoms with Gasteiger partial charge in [0.1, 0.15) is 0 Å². The van der Waals surface area contributed by atoms with Crippen molar-refractivity contribution in [3.8, 4) is 0 Å². The Morgan fingerprint density at radius 2 is 1.36 bits per heavy atom. The predicted octanol–water partition coefficient (Wildman–Crippen LogP) is 5.38. The molecule has 0 aliphatic carbocycles. The van der Waals surface area contributed by atoms with Crippen LogP contribution in [0.15, 0.2) is 0 Å². The maximum atomic E-state index is 3.86. The first kappa shape index (κ1) is 14.0. The summed E-state index contributed by atoms with van der Waals surface area (Å²) < 4.78 is 0. The van der Waals surface area contributed by atoms with Crippen molar-refractivity contribution in [2.24, 2.45) is 5.41 Å². The molecule has 85 valence electrons. The van der Waals surface area contributed by atoms with Gasteiger partial charge in [-0.3, -0.25) is 0 Å². The summed E-state index contributed by atoms with van der Waals surface area (Å²) in [6, 6.07) is 0. The first-order chi connectivity index (χ1) is 6.62. The van der Waals surface area contributed by atoms with Crippen molar-refractivity contribution < 1.29 is 0 Å². The molecule has 14 heavy (non-hydrogen) atoms. The van der Waals surface area contributed by atoms with Crippen molar-refractivity contribution in [3.63, 3.8) is 0 Å². The predicted molar refractivity (Wildman–Crippen MR) is 66.4 cm³/mol. The third kappa shape index (κ3) is 8.59. The Labute approximate surface area is 91.5 Å². The molecule has 0 N–H and O–H groups in total. The van der Waals surface area contributed by atoms with Gasteiger partial charge in [0.25, 0.3) is 0 Å². The van der Waals surface area contributed by atoms with E-state index in [1.807, 2.05) is 0 Å². The van der Waals surface area contributed by atoms with Crippen LogP contribution in [0, 0.1) is 12.3 Å². The van der Waals surface area contributed by atoms with E-state index in [2.05, 4.69) is 27.7 Å². The van der Waals surface area contributed by atoms with E-state index in [1.165, 1.54) is 51.4 Å². The van der Waals surface area contributed by atoms with Gasteiger partial charge in [0.05, 0.1) is 0 Å². The maximum absolute atomic E-state index is 3.86. The van der Waals surface area contributed by atoms with Gasteiger partial charge in [-0.1, -0.05) is 79.1 Å². The van der Waals surface area contributed by atoms with E-state index < -0.39 is 0 Å². The SMILES string of the molecule is [CH2]CCCCCCCCC(C)(C)CC. The lowest BCUT2D eigenvalue weighted by Crippen LogP contribution is -2.08. The van der Waals surface area contributed by atoms with Gasteiger partial charge in [-0.2, -0.15) is 0 Å². The number of unbranched alkanes of at least 4 members (excludes halogenated alkanes) is 6. The van der Waals surface area contributed by atoms with E-state index >= 15 is 0 Å². The fourth-order valence-electron chi connectivity index (χ4n) is 1.66. The summed E-state index contributed by atoms with van der Waals surface area (Å²) in [5.74, 6) is 0. The fraction of sp³-hybridized carbons (Fsp3) is 0.929. The van der Waals surface area contributed by atoms with Crippen LogP contribution in [-0.2, 0) is 0 Å². The van der Waals surface area contributed by atoms with Crippen LogP contribution in [0.25, 0.3) is 0 Å². The molecule has 0 rings (SSSR count). The molecule has 0 atom stereocenters. The molecule has 0 heterocycles. The highest BCUT2D eigenvalue weighted by molar-refractivity contribution is 4.65. The molecule has 0 spiro atoms. The van der Waals surface area contributed by atoms with E-state index in [1.54, 1.807) is 0 Å². The Hall–Kier alpha value is 0. The van der Waals surface area contributed by atoms with Crippen LogP contribution in [0.2, 0.25) is 0 Å². The van der Waals surface area contributed by atoms with Gasteiger partial charge >= 0.3 is 0 Å². The topological polar surface area (TPSA) is 0 Å². The number of hydrogen-bond donors (Lipinski definition) is 0. The first-order valence-corrected chi connectivity index (χ1v) is 6.41. The van der Waals surface area contributed by atoms with Gasteiger partial charge in [-0.15, -0.1) is 0 Å². The molecule has 0 aromatic rings. The van der Waals surface area contributed by atoms with E-state index in [0.29, 0.717) is 5.41 Å². The highest BCUT2D eigenvalue weighted by atomic mass is 14.2. The smallest absolute Gasteiger partial charge is 0.0357 e. The van der Waals surface area contributed by atoms with Gasteiger partial charge in [0.15, 0.2) is 0 Å². The first-order valence-electron chi connectivity index (χ1n) is 6.41. The Morgan fingerprint density at radius 3 is 1.86 bits per heavy atom. The molecule has 0 aromatic heterocycles. The van der Waals surface area contributed by atoms with E-state index in [4.69, 9.17) is 0 Å². The van der Waals surface area contributed by atoms with E-state index in [9.17, 15) is 0 Å². The summed E-state index contributed by atoms with van der Waals surface area (Å²) in [7, 11) is 0. The minimum absolute atomic E-state index is 0.577. The molecule has 1 radical (unpaired) electrons. The second-order valence-corrected chi connectivity index (χ2v) is 5.24. The monoisotopic (exact) mass is 197 g/mol. The summed E-state index contributed by atoms with van der Waals surface area (Å²) in [4.78, 5) is 0. The van der Waals surface area contributed by atoms with Crippen LogP contribution in [0.1, 0.15) is 78.6 Å². The molecule has 0 amide bonds. The van der Waals surface area contributed by atoms with Crippen LogP contribution in [0.4, 0.5) is 0 Å². The summed E-state index contributed by atoms with van der Waals surface area (Å²) >= 11 is 0. The molecule has 0 aliphatic heterocycles. The van der Waals surface area contributed by atoms with Crippen molar-refractivity contribution >= 4 is 0 Å². The quantitative estimate of drug-likeness (QED) is 0.435. The second-order valence-electron chi connectivity index (χ2n) is 5.24. The lowest BCUT2D eigenvalue weighted by atomic mass is 9.84. The van der Waals surface area contributed by atoms with Gasteiger partial charge in [0, 0.05) is 0 Å². The van der Waals surface area contributed by atoms with Gasteiger partial charge in [0.2, 0.25) is 0 Å². The van der Waals surface area contributed by atoms with Crippen molar-refractivity contribution in [1.29, 1.82) is 0 Å². The van der Waals surface area contributed by atoms with Crippen LogP contribution >= 0.6 is 0 Å². The molecule has 0 fully saturated rings. The molecular weight excluding hydrogens is 168 g/mol. The number of rotatable bonds is 9. The zero-order valence-electron chi connectivity index (χ0n) is 10.6. The molecule has 0 bridgehead atoms. The Morgan fingerprint density at radius 1 is 0.857 bits per heavy atom. The van der Waals surface area contributed by atoms with Crippen LogP contribution in [-0.4, -0.2) is 0 Å². The van der Waals surface area contributed by atoms with E-state index in [0.717, 1.165) is 6.42 Å². The minimum atomic E-state index is 0.577. The highest BCUT2D eigenvalue weighted by Gasteiger charge is 2.13. The molecular formula is C14H29. The molecule has 0 heteroatoms. The van der Waals surface area contributed by atoms with Crippen molar-refractivity contribution in [3.05, 3.63) is 6.92 Å². The minimum Gasteiger partial charge on any atom is -0.0649 e. The second kappa shape index (κ2) is 8.32. The summed E-state index contributed by atoms with van der Waals surface area (Å²) in [6.07, 6.45) is 12.2. The van der Waals surface area contributed by atoms with Gasteiger partial charge in [-0.05, 0) is 11.8 Å². The van der Waals surface area contributed by atoms with Crippen LogP contribution in [0.5, 0.6) is 0 Å².